The standard InChI is InChI=1S/C28H25FO/c1-3-4-5-20-30-27-18-16-25(17-19-27)13-12-23-8-10-24(11-9-23)14-15-26-7-6-22(2)28(29)21-26/h6-11,16-19,21H,3-5,20H2,1-2H3. The number of aryl methyl sites for hydroxylation is 1. The Morgan fingerprint density at radius 2 is 1.20 bits per heavy atom. The van der Waals surface area contributed by atoms with E-state index in [2.05, 4.69) is 30.6 Å². The Labute approximate surface area is 178 Å². The molecule has 3 rings (SSSR count). The first kappa shape index (κ1) is 21.2. The van der Waals surface area contributed by atoms with E-state index in [0.717, 1.165) is 35.5 Å². The Hall–Kier alpha value is -3.49. The molecule has 0 saturated heterocycles. The van der Waals surface area contributed by atoms with Gasteiger partial charge in [-0.15, -0.1) is 0 Å². The first-order valence-electron chi connectivity index (χ1n) is 10.3. The molecule has 1 nitrogen and oxygen atoms in total. The molecule has 0 aliphatic heterocycles. The largest absolute Gasteiger partial charge is 0.494 e. The minimum atomic E-state index is -0.233. The molecule has 0 saturated carbocycles. The van der Waals surface area contributed by atoms with Crippen molar-refractivity contribution in [3.05, 3.63) is 100 Å². The highest BCUT2D eigenvalue weighted by Crippen LogP contribution is 2.13. The van der Waals surface area contributed by atoms with E-state index >= 15 is 0 Å². The summed E-state index contributed by atoms with van der Waals surface area (Å²) in [4.78, 5) is 0. The zero-order valence-corrected chi connectivity index (χ0v) is 17.5. The summed E-state index contributed by atoms with van der Waals surface area (Å²) in [7, 11) is 0. The lowest BCUT2D eigenvalue weighted by Gasteiger charge is -2.05. The maximum Gasteiger partial charge on any atom is 0.127 e. The molecule has 0 aliphatic carbocycles. The number of ether oxygens (including phenoxy) is 1. The maximum absolute atomic E-state index is 13.6. The normalized spacial score (nSPS) is 9.83. The molecule has 0 aromatic heterocycles. The molecular formula is C28H25FO. The molecule has 0 amide bonds. The zero-order chi connectivity index (χ0) is 21.2. The lowest BCUT2D eigenvalue weighted by atomic mass is 10.1. The lowest BCUT2D eigenvalue weighted by molar-refractivity contribution is 0.306. The quantitative estimate of drug-likeness (QED) is 0.353. The molecule has 3 aromatic carbocycles. The smallest absolute Gasteiger partial charge is 0.127 e. The molecule has 0 atom stereocenters. The Kier molecular flexibility index (Phi) is 7.71. The van der Waals surface area contributed by atoms with Gasteiger partial charge >= 0.3 is 0 Å². The predicted octanol–water partition coefficient (Wildman–Crippen LogP) is 6.50. The Balaban J connectivity index is 1.59. The third-order valence-corrected chi connectivity index (χ3v) is 4.63. The van der Waals surface area contributed by atoms with Gasteiger partial charge in [0.05, 0.1) is 6.61 Å². The summed E-state index contributed by atoms with van der Waals surface area (Å²) in [6.07, 6.45) is 3.47. The number of hydrogen-bond acceptors (Lipinski definition) is 1. The molecule has 0 radical (unpaired) electrons. The summed E-state index contributed by atoms with van der Waals surface area (Å²) < 4.78 is 19.3. The highest BCUT2D eigenvalue weighted by molar-refractivity contribution is 5.48. The fourth-order valence-electron chi connectivity index (χ4n) is 2.77. The summed E-state index contributed by atoms with van der Waals surface area (Å²) in [5.41, 5.74) is 4.02. The Morgan fingerprint density at radius 1 is 0.700 bits per heavy atom. The van der Waals surface area contributed by atoms with Crippen molar-refractivity contribution in [3.8, 4) is 29.4 Å². The molecule has 0 unspecified atom stereocenters. The van der Waals surface area contributed by atoms with Gasteiger partial charge in [0.2, 0.25) is 0 Å². The summed E-state index contributed by atoms with van der Waals surface area (Å²) >= 11 is 0. The van der Waals surface area contributed by atoms with Crippen molar-refractivity contribution in [1.29, 1.82) is 0 Å². The molecule has 2 heteroatoms. The second-order valence-electron chi connectivity index (χ2n) is 7.12. The Bertz CT molecular complexity index is 1090. The highest BCUT2D eigenvalue weighted by Gasteiger charge is 1.97. The van der Waals surface area contributed by atoms with E-state index in [-0.39, 0.29) is 5.82 Å². The summed E-state index contributed by atoms with van der Waals surface area (Å²) in [5.74, 6) is 13.0. The molecule has 0 aliphatic rings. The molecular weight excluding hydrogens is 371 g/mol. The van der Waals surface area contributed by atoms with Crippen LogP contribution in [-0.2, 0) is 0 Å². The predicted molar refractivity (Wildman–Crippen MR) is 121 cm³/mol. The maximum atomic E-state index is 13.6. The van der Waals surface area contributed by atoms with E-state index in [1.807, 2.05) is 54.6 Å². The molecule has 0 bridgehead atoms. The van der Waals surface area contributed by atoms with Gasteiger partial charge in [-0.25, -0.2) is 4.39 Å². The average molecular weight is 397 g/mol. The summed E-state index contributed by atoms with van der Waals surface area (Å²) in [5, 5.41) is 0. The van der Waals surface area contributed by atoms with E-state index < -0.39 is 0 Å². The molecule has 3 aromatic rings. The highest BCUT2D eigenvalue weighted by atomic mass is 19.1. The topological polar surface area (TPSA) is 9.23 Å². The third kappa shape index (κ3) is 6.54. The van der Waals surface area contributed by atoms with Gasteiger partial charge < -0.3 is 4.74 Å². The van der Waals surface area contributed by atoms with Crippen LogP contribution in [0.1, 0.15) is 54.0 Å². The zero-order valence-electron chi connectivity index (χ0n) is 17.5. The minimum Gasteiger partial charge on any atom is -0.494 e. The SMILES string of the molecule is CCCCCOc1ccc(C#Cc2ccc(C#Cc3ccc(C)c(F)c3)cc2)cc1. The van der Waals surface area contributed by atoms with Crippen molar-refractivity contribution >= 4 is 0 Å². The molecule has 30 heavy (non-hydrogen) atoms. The van der Waals surface area contributed by atoms with Crippen LogP contribution in [0, 0.1) is 36.4 Å². The van der Waals surface area contributed by atoms with Crippen LogP contribution in [0.3, 0.4) is 0 Å². The van der Waals surface area contributed by atoms with Gasteiger partial charge in [-0.1, -0.05) is 49.5 Å². The van der Waals surface area contributed by atoms with Crippen molar-refractivity contribution in [2.24, 2.45) is 0 Å². The molecule has 0 N–H and O–H groups in total. The van der Waals surface area contributed by atoms with Gasteiger partial charge in [-0.3, -0.25) is 0 Å². The van der Waals surface area contributed by atoms with E-state index in [9.17, 15) is 4.39 Å². The van der Waals surface area contributed by atoms with Crippen molar-refractivity contribution in [3.63, 3.8) is 0 Å². The molecule has 0 fully saturated rings. The van der Waals surface area contributed by atoms with Gasteiger partial charge in [0.15, 0.2) is 0 Å². The van der Waals surface area contributed by atoms with Gasteiger partial charge in [0, 0.05) is 22.3 Å². The third-order valence-electron chi connectivity index (χ3n) is 4.63. The lowest BCUT2D eigenvalue weighted by Crippen LogP contribution is -1.96. The number of benzene rings is 3. The minimum absolute atomic E-state index is 0.233. The van der Waals surface area contributed by atoms with Crippen molar-refractivity contribution in [1.82, 2.24) is 0 Å². The molecule has 150 valence electrons. The van der Waals surface area contributed by atoms with Crippen LogP contribution in [0.15, 0.2) is 66.7 Å². The average Bonchev–Trinajstić information content (AvgIpc) is 2.77. The monoisotopic (exact) mass is 396 g/mol. The summed E-state index contributed by atoms with van der Waals surface area (Å²) in [6, 6.07) is 20.6. The van der Waals surface area contributed by atoms with Crippen LogP contribution in [-0.4, -0.2) is 6.61 Å². The van der Waals surface area contributed by atoms with Crippen LogP contribution in [0.4, 0.5) is 4.39 Å². The number of unbranched alkanes of at least 4 members (excludes halogenated alkanes) is 2. The second-order valence-corrected chi connectivity index (χ2v) is 7.12. The number of rotatable bonds is 5. The van der Waals surface area contributed by atoms with Gasteiger partial charge in [-0.05, 0) is 79.6 Å². The van der Waals surface area contributed by atoms with Crippen LogP contribution in [0.2, 0.25) is 0 Å². The first-order valence-corrected chi connectivity index (χ1v) is 10.3. The van der Waals surface area contributed by atoms with E-state index in [4.69, 9.17) is 4.74 Å². The van der Waals surface area contributed by atoms with Crippen molar-refractivity contribution < 1.29 is 9.13 Å². The van der Waals surface area contributed by atoms with Crippen LogP contribution >= 0.6 is 0 Å². The van der Waals surface area contributed by atoms with Crippen LogP contribution < -0.4 is 4.74 Å². The van der Waals surface area contributed by atoms with Crippen LogP contribution in [0.5, 0.6) is 5.75 Å². The van der Waals surface area contributed by atoms with Gasteiger partial charge in [0.1, 0.15) is 11.6 Å². The van der Waals surface area contributed by atoms with Gasteiger partial charge in [-0.2, -0.15) is 0 Å². The van der Waals surface area contributed by atoms with Crippen molar-refractivity contribution in [2.45, 2.75) is 33.1 Å². The van der Waals surface area contributed by atoms with E-state index in [1.165, 1.54) is 18.9 Å². The number of halogens is 1. The Morgan fingerprint density at radius 3 is 1.73 bits per heavy atom. The number of hydrogen-bond donors (Lipinski definition) is 0. The molecule has 0 heterocycles. The fraction of sp³-hybridized carbons (Fsp3) is 0.214. The molecule has 0 spiro atoms. The van der Waals surface area contributed by atoms with E-state index in [1.54, 1.807) is 13.0 Å². The first-order chi connectivity index (χ1) is 14.6. The van der Waals surface area contributed by atoms with E-state index in [0.29, 0.717) is 11.1 Å². The van der Waals surface area contributed by atoms with Crippen LogP contribution in [0.25, 0.3) is 0 Å². The van der Waals surface area contributed by atoms with Gasteiger partial charge in [0.25, 0.3) is 0 Å². The fourth-order valence-corrected chi connectivity index (χ4v) is 2.77. The van der Waals surface area contributed by atoms with Crippen molar-refractivity contribution in [2.75, 3.05) is 6.61 Å². The second kappa shape index (κ2) is 10.9. The summed E-state index contributed by atoms with van der Waals surface area (Å²) in [6.45, 7) is 4.68.